The zero-order chi connectivity index (χ0) is 19.0. The summed E-state index contributed by atoms with van der Waals surface area (Å²) in [4.78, 5) is 12.9. The van der Waals surface area contributed by atoms with Crippen LogP contribution in [0.4, 0.5) is 5.82 Å². The van der Waals surface area contributed by atoms with E-state index >= 15 is 0 Å². The molecule has 0 saturated heterocycles. The number of hydrogen-bond donors (Lipinski definition) is 1. The van der Waals surface area contributed by atoms with E-state index in [9.17, 15) is 4.79 Å². The van der Waals surface area contributed by atoms with Gasteiger partial charge in [0.2, 0.25) is 0 Å². The van der Waals surface area contributed by atoms with E-state index in [0.717, 1.165) is 41.2 Å². The first-order valence-electron chi connectivity index (χ1n) is 9.19. The third-order valence-electron chi connectivity index (χ3n) is 5.03. The number of nitrogens with zero attached hydrogens (tertiary/aromatic N) is 2. The Bertz CT molecular complexity index is 988. The lowest BCUT2D eigenvalue weighted by Gasteiger charge is -2.11. The molecule has 1 amide bonds. The molecule has 0 aliphatic heterocycles. The average molecular weight is 361 g/mol. The molecular formula is C22H23N3O2. The fourth-order valence-corrected chi connectivity index (χ4v) is 3.30. The molecule has 0 spiro atoms. The summed E-state index contributed by atoms with van der Waals surface area (Å²) in [6.45, 7) is 3.99. The van der Waals surface area contributed by atoms with E-state index in [0.29, 0.717) is 17.2 Å². The van der Waals surface area contributed by atoms with Gasteiger partial charge in [-0.2, -0.15) is 5.10 Å². The van der Waals surface area contributed by atoms with Crippen LogP contribution in [0.3, 0.4) is 0 Å². The largest absolute Gasteiger partial charge is 0.496 e. The van der Waals surface area contributed by atoms with E-state index in [1.54, 1.807) is 13.2 Å². The minimum absolute atomic E-state index is 0.171. The highest BCUT2D eigenvalue weighted by atomic mass is 16.5. The van der Waals surface area contributed by atoms with E-state index in [1.807, 2.05) is 61.0 Å². The van der Waals surface area contributed by atoms with Crippen LogP contribution in [0.2, 0.25) is 0 Å². The number of methoxy groups -OCH3 is 1. The molecule has 0 atom stereocenters. The molecule has 1 fully saturated rings. The molecule has 5 nitrogen and oxygen atoms in total. The van der Waals surface area contributed by atoms with Gasteiger partial charge in [0.15, 0.2) is 0 Å². The summed E-state index contributed by atoms with van der Waals surface area (Å²) in [5.74, 6) is 1.77. The second-order valence-electron chi connectivity index (χ2n) is 7.02. The van der Waals surface area contributed by atoms with E-state index in [1.165, 1.54) is 0 Å². The molecule has 5 heteroatoms. The third kappa shape index (κ3) is 3.33. The van der Waals surface area contributed by atoms with Crippen LogP contribution >= 0.6 is 0 Å². The number of benzene rings is 2. The van der Waals surface area contributed by atoms with E-state index < -0.39 is 0 Å². The second kappa shape index (κ2) is 6.91. The zero-order valence-corrected chi connectivity index (χ0v) is 15.8. The Labute approximate surface area is 159 Å². The quantitative estimate of drug-likeness (QED) is 0.721. The highest BCUT2D eigenvalue weighted by molar-refractivity contribution is 6.04. The van der Waals surface area contributed by atoms with Crippen LogP contribution in [0.25, 0.3) is 5.69 Å². The van der Waals surface area contributed by atoms with Crippen LogP contribution in [0, 0.1) is 13.8 Å². The number of anilines is 1. The molecule has 4 rings (SSSR count). The average Bonchev–Trinajstić information content (AvgIpc) is 3.48. The molecule has 0 unspecified atom stereocenters. The van der Waals surface area contributed by atoms with Crippen molar-refractivity contribution in [3.8, 4) is 11.4 Å². The molecule has 3 aromatic rings. The molecule has 1 N–H and O–H groups in total. The smallest absolute Gasteiger partial charge is 0.256 e. The molecule has 27 heavy (non-hydrogen) atoms. The maximum Gasteiger partial charge on any atom is 0.256 e. The van der Waals surface area contributed by atoms with Gasteiger partial charge in [0.25, 0.3) is 5.91 Å². The summed E-state index contributed by atoms with van der Waals surface area (Å²) in [7, 11) is 1.61. The van der Waals surface area contributed by atoms with Crippen molar-refractivity contribution in [2.24, 2.45) is 0 Å². The van der Waals surface area contributed by atoms with Crippen LogP contribution in [-0.4, -0.2) is 22.8 Å². The second-order valence-corrected chi connectivity index (χ2v) is 7.02. The summed E-state index contributed by atoms with van der Waals surface area (Å²) >= 11 is 0. The van der Waals surface area contributed by atoms with Crippen molar-refractivity contribution in [1.29, 1.82) is 0 Å². The predicted octanol–water partition coefficient (Wildman–Crippen LogP) is 4.63. The SMILES string of the molecule is COc1cc(C(=O)Nc2c(C)c(C3CC3)nn2-c2ccccc2)ccc1C. The molecule has 1 heterocycles. The number of aromatic nitrogens is 2. The number of aryl methyl sites for hydroxylation is 1. The fourth-order valence-electron chi connectivity index (χ4n) is 3.30. The number of ether oxygens (including phenoxy) is 1. The van der Waals surface area contributed by atoms with Gasteiger partial charge in [0.05, 0.1) is 18.5 Å². The normalized spacial score (nSPS) is 13.4. The lowest BCUT2D eigenvalue weighted by atomic mass is 10.1. The first kappa shape index (κ1) is 17.3. The lowest BCUT2D eigenvalue weighted by Crippen LogP contribution is -2.16. The summed E-state index contributed by atoms with van der Waals surface area (Å²) in [6, 6.07) is 15.4. The molecule has 0 radical (unpaired) electrons. The van der Waals surface area contributed by atoms with Crippen molar-refractivity contribution < 1.29 is 9.53 Å². The van der Waals surface area contributed by atoms with E-state index in [-0.39, 0.29) is 5.91 Å². The number of amides is 1. The van der Waals surface area contributed by atoms with Crippen molar-refractivity contribution in [3.63, 3.8) is 0 Å². The first-order valence-corrected chi connectivity index (χ1v) is 9.19. The molecule has 2 aromatic carbocycles. The van der Waals surface area contributed by atoms with Crippen LogP contribution < -0.4 is 10.1 Å². The first-order chi connectivity index (χ1) is 13.1. The van der Waals surface area contributed by atoms with E-state index in [2.05, 4.69) is 5.32 Å². The standard InChI is InChI=1S/C22H23N3O2/c1-14-9-10-17(13-19(14)27-3)22(26)23-21-15(2)20(16-11-12-16)24-25(21)18-7-5-4-6-8-18/h4-10,13,16H,11-12H2,1-3H3,(H,23,26). The third-order valence-corrected chi connectivity index (χ3v) is 5.03. The summed E-state index contributed by atoms with van der Waals surface area (Å²) in [5, 5.41) is 7.89. The van der Waals surface area contributed by atoms with Gasteiger partial charge in [-0.25, -0.2) is 4.68 Å². The molecule has 0 bridgehead atoms. The molecule has 1 aliphatic rings. The number of carbonyl (C=O) groups excluding carboxylic acids is 1. The van der Waals surface area contributed by atoms with Gasteiger partial charge in [-0.05, 0) is 56.5 Å². The molecule has 1 aliphatic carbocycles. The van der Waals surface area contributed by atoms with Gasteiger partial charge in [0, 0.05) is 17.0 Å². The predicted molar refractivity (Wildman–Crippen MR) is 106 cm³/mol. The van der Waals surface area contributed by atoms with Crippen molar-refractivity contribution in [3.05, 3.63) is 70.9 Å². The lowest BCUT2D eigenvalue weighted by molar-refractivity contribution is 0.102. The van der Waals surface area contributed by atoms with Crippen LogP contribution in [0.1, 0.15) is 45.9 Å². The van der Waals surface area contributed by atoms with Gasteiger partial charge in [-0.15, -0.1) is 0 Å². The van der Waals surface area contributed by atoms with Crippen molar-refractivity contribution in [2.75, 3.05) is 12.4 Å². The number of carbonyl (C=O) groups is 1. The highest BCUT2D eigenvalue weighted by Gasteiger charge is 2.31. The summed E-state index contributed by atoms with van der Waals surface area (Å²) < 4.78 is 7.19. The van der Waals surface area contributed by atoms with Gasteiger partial charge in [-0.1, -0.05) is 24.3 Å². The minimum Gasteiger partial charge on any atom is -0.496 e. The van der Waals surface area contributed by atoms with Crippen molar-refractivity contribution in [1.82, 2.24) is 9.78 Å². The Morgan fingerprint density at radius 2 is 1.89 bits per heavy atom. The van der Waals surface area contributed by atoms with Gasteiger partial charge in [0.1, 0.15) is 11.6 Å². The Balaban J connectivity index is 1.71. The maximum absolute atomic E-state index is 12.9. The van der Waals surface area contributed by atoms with Crippen molar-refractivity contribution >= 4 is 11.7 Å². The minimum atomic E-state index is -0.171. The van der Waals surface area contributed by atoms with Crippen LogP contribution in [-0.2, 0) is 0 Å². The van der Waals surface area contributed by atoms with Crippen molar-refractivity contribution in [2.45, 2.75) is 32.6 Å². The topological polar surface area (TPSA) is 56.1 Å². The number of hydrogen-bond acceptors (Lipinski definition) is 3. The summed E-state index contributed by atoms with van der Waals surface area (Å²) in [6.07, 6.45) is 2.32. The van der Waals surface area contributed by atoms with Crippen LogP contribution in [0.5, 0.6) is 5.75 Å². The van der Waals surface area contributed by atoms with Gasteiger partial charge >= 0.3 is 0 Å². The monoisotopic (exact) mass is 361 g/mol. The summed E-state index contributed by atoms with van der Waals surface area (Å²) in [5.41, 5.74) is 4.61. The maximum atomic E-state index is 12.9. The van der Waals surface area contributed by atoms with E-state index in [4.69, 9.17) is 9.84 Å². The molecule has 1 aromatic heterocycles. The number of nitrogens with one attached hydrogen (secondary N) is 1. The zero-order valence-electron chi connectivity index (χ0n) is 15.8. The Kier molecular flexibility index (Phi) is 4.44. The molecule has 1 saturated carbocycles. The number of rotatable bonds is 5. The molecule has 138 valence electrons. The fraction of sp³-hybridized carbons (Fsp3) is 0.273. The Hall–Kier alpha value is -3.08. The van der Waals surface area contributed by atoms with Gasteiger partial charge < -0.3 is 10.1 Å². The number of para-hydroxylation sites is 1. The highest BCUT2D eigenvalue weighted by Crippen LogP contribution is 2.43. The molecular weight excluding hydrogens is 338 g/mol. The Morgan fingerprint density at radius 1 is 1.15 bits per heavy atom. The van der Waals surface area contributed by atoms with Gasteiger partial charge in [-0.3, -0.25) is 4.79 Å². The van der Waals surface area contributed by atoms with Crippen LogP contribution in [0.15, 0.2) is 48.5 Å². The Morgan fingerprint density at radius 3 is 2.56 bits per heavy atom.